The van der Waals surface area contributed by atoms with Gasteiger partial charge < -0.3 is 14.4 Å². The van der Waals surface area contributed by atoms with Crippen molar-refractivity contribution in [2.75, 3.05) is 26.3 Å². The topological polar surface area (TPSA) is 84.9 Å². The van der Waals surface area contributed by atoms with Crippen LogP contribution < -0.4 is 4.72 Å². The lowest BCUT2D eigenvalue weighted by molar-refractivity contribution is -0.0956. The summed E-state index contributed by atoms with van der Waals surface area (Å²) in [4.78, 5) is 14.7. The molecule has 2 aliphatic heterocycles. The van der Waals surface area contributed by atoms with E-state index in [0.29, 0.717) is 37.8 Å². The Balaban J connectivity index is 1.36. The van der Waals surface area contributed by atoms with E-state index in [1.165, 1.54) is 12.1 Å². The first kappa shape index (κ1) is 17.9. The summed E-state index contributed by atoms with van der Waals surface area (Å²) in [5.74, 6) is 0.276. The maximum absolute atomic E-state index is 12.7. The lowest BCUT2D eigenvalue weighted by Crippen LogP contribution is -2.41. The second kappa shape index (κ2) is 7.26. The summed E-state index contributed by atoms with van der Waals surface area (Å²) < 4.78 is 38.2. The molecular weight excluding hydrogens is 356 g/mol. The van der Waals surface area contributed by atoms with Crippen LogP contribution in [0, 0.1) is 5.92 Å². The Morgan fingerprint density at radius 3 is 2.19 bits per heavy atom. The molecule has 8 heteroatoms. The van der Waals surface area contributed by atoms with Crippen LogP contribution >= 0.6 is 0 Å². The smallest absolute Gasteiger partial charge is 0.253 e. The summed E-state index contributed by atoms with van der Waals surface area (Å²) in [7, 11) is -3.48. The van der Waals surface area contributed by atoms with E-state index in [1.807, 2.05) is 4.90 Å². The highest BCUT2D eigenvalue weighted by atomic mass is 32.2. The molecule has 4 rings (SSSR count). The zero-order valence-corrected chi connectivity index (χ0v) is 15.4. The Hall–Kier alpha value is -1.48. The third-order valence-corrected chi connectivity index (χ3v) is 6.71. The molecule has 0 radical (unpaired) electrons. The number of amides is 1. The van der Waals surface area contributed by atoms with Gasteiger partial charge in [-0.1, -0.05) is 0 Å². The first-order valence-corrected chi connectivity index (χ1v) is 10.7. The van der Waals surface area contributed by atoms with Crippen LogP contribution in [0.15, 0.2) is 29.2 Å². The maximum atomic E-state index is 12.7. The minimum absolute atomic E-state index is 0.0594. The largest absolute Gasteiger partial charge is 0.350 e. The second-order valence-corrected chi connectivity index (χ2v) is 8.87. The summed E-state index contributed by atoms with van der Waals surface area (Å²) in [6.45, 7) is 2.62. The van der Waals surface area contributed by atoms with Crippen molar-refractivity contribution in [3.8, 4) is 0 Å². The summed E-state index contributed by atoms with van der Waals surface area (Å²) in [5, 5.41) is 0. The molecule has 2 saturated heterocycles. The molecule has 142 valence electrons. The molecule has 3 aliphatic rings. The number of carbonyl (C=O) groups is 1. The van der Waals surface area contributed by atoms with Gasteiger partial charge in [0.15, 0.2) is 6.29 Å². The SMILES string of the molecule is O=C(c1ccc(S(=O)(=O)NC2CC2)cc1)N1CCC(C2OCCO2)CC1. The molecule has 1 aromatic carbocycles. The van der Waals surface area contributed by atoms with Crippen LogP contribution in [-0.2, 0) is 19.5 Å². The monoisotopic (exact) mass is 380 g/mol. The molecule has 1 saturated carbocycles. The van der Waals surface area contributed by atoms with Crippen LogP contribution in [0.5, 0.6) is 0 Å². The number of hydrogen-bond donors (Lipinski definition) is 1. The lowest BCUT2D eigenvalue weighted by atomic mass is 9.95. The van der Waals surface area contributed by atoms with Crippen molar-refractivity contribution in [1.82, 2.24) is 9.62 Å². The summed E-state index contributed by atoms with van der Waals surface area (Å²) in [6.07, 6.45) is 3.36. The minimum Gasteiger partial charge on any atom is -0.350 e. The van der Waals surface area contributed by atoms with Crippen LogP contribution in [-0.4, -0.2) is 57.9 Å². The van der Waals surface area contributed by atoms with Crippen molar-refractivity contribution >= 4 is 15.9 Å². The van der Waals surface area contributed by atoms with E-state index < -0.39 is 10.0 Å². The van der Waals surface area contributed by atoms with Crippen LogP contribution in [0.2, 0.25) is 0 Å². The fourth-order valence-electron chi connectivity index (χ4n) is 3.47. The Bertz CT molecular complexity index is 746. The van der Waals surface area contributed by atoms with Crippen LogP contribution in [0.3, 0.4) is 0 Å². The molecule has 1 amide bonds. The maximum Gasteiger partial charge on any atom is 0.253 e. The summed E-state index contributed by atoms with van der Waals surface area (Å²) in [6, 6.07) is 6.27. The standard InChI is InChI=1S/C18H24N2O5S/c21-17(20-9-7-14(8-10-20)18-24-11-12-25-18)13-1-5-16(6-2-13)26(22,23)19-15-3-4-15/h1-2,5-6,14-15,18-19H,3-4,7-12H2. The van der Waals surface area contributed by atoms with E-state index in [9.17, 15) is 13.2 Å². The third-order valence-electron chi connectivity index (χ3n) is 5.17. The van der Waals surface area contributed by atoms with Crippen LogP contribution in [0.1, 0.15) is 36.0 Å². The Kier molecular flexibility index (Phi) is 5.00. The number of benzene rings is 1. The summed E-state index contributed by atoms with van der Waals surface area (Å²) >= 11 is 0. The molecule has 0 spiro atoms. The minimum atomic E-state index is -3.48. The molecule has 0 atom stereocenters. The number of nitrogens with zero attached hydrogens (tertiary/aromatic N) is 1. The zero-order chi connectivity index (χ0) is 18.1. The number of piperidine rings is 1. The molecular formula is C18H24N2O5S. The molecule has 0 bridgehead atoms. The Labute approximate surface area is 153 Å². The van der Waals surface area contributed by atoms with Gasteiger partial charge in [-0.2, -0.15) is 0 Å². The number of ether oxygens (including phenoxy) is 2. The molecule has 0 aromatic heterocycles. The Morgan fingerprint density at radius 2 is 1.62 bits per heavy atom. The van der Waals surface area contributed by atoms with Crippen molar-refractivity contribution in [3.63, 3.8) is 0 Å². The van der Waals surface area contributed by atoms with Gasteiger partial charge in [0.25, 0.3) is 5.91 Å². The quantitative estimate of drug-likeness (QED) is 0.834. The predicted molar refractivity (Wildman–Crippen MR) is 94.1 cm³/mol. The fraction of sp³-hybridized carbons (Fsp3) is 0.611. The molecule has 1 aliphatic carbocycles. The van der Waals surface area contributed by atoms with E-state index in [2.05, 4.69) is 4.72 Å². The molecule has 2 heterocycles. The third kappa shape index (κ3) is 3.93. The van der Waals surface area contributed by atoms with E-state index in [-0.39, 0.29) is 23.1 Å². The normalized spacial score (nSPS) is 22.7. The van der Waals surface area contributed by atoms with E-state index in [4.69, 9.17) is 9.47 Å². The number of likely N-dealkylation sites (tertiary alicyclic amines) is 1. The first-order chi connectivity index (χ1) is 12.5. The predicted octanol–water partition coefficient (Wildman–Crippen LogP) is 1.35. The molecule has 1 N–H and O–H groups in total. The van der Waals surface area contributed by atoms with E-state index in [0.717, 1.165) is 25.7 Å². The highest BCUT2D eigenvalue weighted by Crippen LogP contribution is 2.27. The zero-order valence-electron chi connectivity index (χ0n) is 14.6. The van der Waals surface area contributed by atoms with Crippen molar-refractivity contribution < 1.29 is 22.7 Å². The molecule has 7 nitrogen and oxygen atoms in total. The highest BCUT2D eigenvalue weighted by molar-refractivity contribution is 7.89. The van der Waals surface area contributed by atoms with Gasteiger partial charge in [-0.3, -0.25) is 4.79 Å². The van der Waals surface area contributed by atoms with Gasteiger partial charge in [0.05, 0.1) is 18.1 Å². The van der Waals surface area contributed by atoms with Crippen molar-refractivity contribution in [3.05, 3.63) is 29.8 Å². The van der Waals surface area contributed by atoms with Crippen molar-refractivity contribution in [2.45, 2.75) is 42.9 Å². The average Bonchev–Trinajstić information content (AvgIpc) is 3.29. The fourth-order valence-corrected chi connectivity index (χ4v) is 4.78. The number of rotatable bonds is 5. The Morgan fingerprint density at radius 1 is 1.00 bits per heavy atom. The van der Waals surface area contributed by atoms with E-state index in [1.54, 1.807) is 12.1 Å². The average molecular weight is 380 g/mol. The number of nitrogens with one attached hydrogen (secondary N) is 1. The van der Waals surface area contributed by atoms with Crippen LogP contribution in [0.4, 0.5) is 0 Å². The molecule has 26 heavy (non-hydrogen) atoms. The van der Waals surface area contributed by atoms with E-state index >= 15 is 0 Å². The van der Waals surface area contributed by atoms with Crippen molar-refractivity contribution in [1.29, 1.82) is 0 Å². The number of carbonyl (C=O) groups excluding carboxylic acids is 1. The van der Waals surface area contributed by atoms with Gasteiger partial charge in [-0.15, -0.1) is 0 Å². The number of sulfonamides is 1. The van der Waals surface area contributed by atoms with Crippen LogP contribution in [0.25, 0.3) is 0 Å². The summed E-state index contributed by atoms with van der Waals surface area (Å²) in [5.41, 5.74) is 0.516. The van der Waals surface area contributed by atoms with Gasteiger partial charge in [-0.05, 0) is 49.9 Å². The first-order valence-electron chi connectivity index (χ1n) is 9.18. The van der Waals surface area contributed by atoms with Crippen molar-refractivity contribution in [2.24, 2.45) is 5.92 Å². The van der Waals surface area contributed by atoms with Gasteiger partial charge in [0, 0.05) is 30.6 Å². The molecule has 3 fully saturated rings. The second-order valence-electron chi connectivity index (χ2n) is 7.16. The highest BCUT2D eigenvalue weighted by Gasteiger charge is 2.32. The van der Waals surface area contributed by atoms with Gasteiger partial charge in [0.2, 0.25) is 10.0 Å². The van der Waals surface area contributed by atoms with Gasteiger partial charge in [-0.25, -0.2) is 13.1 Å². The molecule has 1 aromatic rings. The van der Waals surface area contributed by atoms with Gasteiger partial charge >= 0.3 is 0 Å². The molecule has 0 unspecified atom stereocenters. The van der Waals surface area contributed by atoms with Gasteiger partial charge in [0.1, 0.15) is 0 Å². The lowest BCUT2D eigenvalue weighted by Gasteiger charge is -2.33. The number of hydrogen-bond acceptors (Lipinski definition) is 5.